The molecule has 0 radical (unpaired) electrons. The summed E-state index contributed by atoms with van der Waals surface area (Å²) in [6.07, 6.45) is 6.39. The average Bonchev–Trinajstić information content (AvgIpc) is 3.19. The predicted molar refractivity (Wildman–Crippen MR) is 75.9 cm³/mol. The van der Waals surface area contributed by atoms with Gasteiger partial charge in [-0.15, -0.1) is 0 Å². The number of hydrogen-bond donors (Lipinski definition) is 1. The molecule has 0 spiro atoms. The van der Waals surface area contributed by atoms with Crippen molar-refractivity contribution in [3.63, 3.8) is 0 Å². The molecule has 0 bridgehead atoms. The SMILES string of the molecule is CCCCOCCC(C)(CNCCOC)C1CC1. The van der Waals surface area contributed by atoms with Gasteiger partial charge in [0, 0.05) is 33.4 Å². The average molecular weight is 257 g/mol. The van der Waals surface area contributed by atoms with Crippen LogP contribution in [0.25, 0.3) is 0 Å². The summed E-state index contributed by atoms with van der Waals surface area (Å²) in [5.41, 5.74) is 0.417. The largest absolute Gasteiger partial charge is 0.383 e. The highest BCUT2D eigenvalue weighted by atomic mass is 16.5. The maximum atomic E-state index is 5.72. The molecular weight excluding hydrogens is 226 g/mol. The van der Waals surface area contributed by atoms with Crippen molar-refractivity contribution in [3.8, 4) is 0 Å². The summed E-state index contributed by atoms with van der Waals surface area (Å²) in [6.45, 7) is 9.31. The Bertz CT molecular complexity index is 207. The van der Waals surface area contributed by atoms with E-state index >= 15 is 0 Å². The van der Waals surface area contributed by atoms with Crippen molar-refractivity contribution in [2.75, 3.05) is 40.0 Å². The maximum absolute atomic E-state index is 5.72. The fourth-order valence-corrected chi connectivity index (χ4v) is 2.42. The zero-order valence-corrected chi connectivity index (χ0v) is 12.5. The zero-order chi connectivity index (χ0) is 13.3. The summed E-state index contributed by atoms with van der Waals surface area (Å²) in [5, 5.41) is 3.52. The Hall–Kier alpha value is -0.120. The summed E-state index contributed by atoms with van der Waals surface area (Å²) in [6, 6.07) is 0. The molecule has 1 saturated carbocycles. The molecule has 1 atom stereocenters. The fourth-order valence-electron chi connectivity index (χ4n) is 2.42. The molecule has 0 heterocycles. The second-order valence-corrected chi connectivity index (χ2v) is 5.81. The molecule has 1 unspecified atom stereocenters. The van der Waals surface area contributed by atoms with Crippen molar-refractivity contribution in [2.24, 2.45) is 11.3 Å². The van der Waals surface area contributed by atoms with E-state index in [-0.39, 0.29) is 0 Å². The molecule has 108 valence electrons. The summed E-state index contributed by atoms with van der Waals surface area (Å²) < 4.78 is 10.8. The Morgan fingerprint density at radius 2 is 2.00 bits per heavy atom. The molecule has 0 aliphatic heterocycles. The number of ether oxygens (including phenoxy) is 2. The van der Waals surface area contributed by atoms with Gasteiger partial charge in [0.05, 0.1) is 6.61 Å². The van der Waals surface area contributed by atoms with E-state index in [0.717, 1.165) is 38.8 Å². The number of methoxy groups -OCH3 is 1. The molecule has 0 aromatic carbocycles. The third-order valence-electron chi connectivity index (χ3n) is 4.03. The van der Waals surface area contributed by atoms with Crippen LogP contribution in [-0.2, 0) is 9.47 Å². The minimum Gasteiger partial charge on any atom is -0.383 e. The highest BCUT2D eigenvalue weighted by Crippen LogP contribution is 2.47. The lowest BCUT2D eigenvalue weighted by atomic mass is 9.81. The quantitative estimate of drug-likeness (QED) is 0.545. The van der Waals surface area contributed by atoms with Crippen LogP contribution in [0.1, 0.15) is 46.0 Å². The third kappa shape index (κ3) is 6.17. The van der Waals surface area contributed by atoms with Crippen LogP contribution in [-0.4, -0.2) is 40.0 Å². The van der Waals surface area contributed by atoms with E-state index in [4.69, 9.17) is 9.47 Å². The van der Waals surface area contributed by atoms with Gasteiger partial charge in [0.2, 0.25) is 0 Å². The molecule has 1 rings (SSSR count). The van der Waals surface area contributed by atoms with Crippen LogP contribution in [0.15, 0.2) is 0 Å². The lowest BCUT2D eigenvalue weighted by molar-refractivity contribution is 0.0868. The first-order valence-corrected chi connectivity index (χ1v) is 7.50. The molecule has 18 heavy (non-hydrogen) atoms. The van der Waals surface area contributed by atoms with Crippen LogP contribution in [0.3, 0.4) is 0 Å². The summed E-state index contributed by atoms with van der Waals surface area (Å²) in [5.74, 6) is 0.905. The lowest BCUT2D eigenvalue weighted by Crippen LogP contribution is -2.36. The topological polar surface area (TPSA) is 30.5 Å². The van der Waals surface area contributed by atoms with Crippen LogP contribution in [0, 0.1) is 11.3 Å². The van der Waals surface area contributed by atoms with E-state index in [0.29, 0.717) is 5.41 Å². The Balaban J connectivity index is 2.16. The van der Waals surface area contributed by atoms with E-state index in [2.05, 4.69) is 19.2 Å². The maximum Gasteiger partial charge on any atom is 0.0587 e. The highest BCUT2D eigenvalue weighted by Gasteiger charge is 2.40. The van der Waals surface area contributed by atoms with Crippen LogP contribution < -0.4 is 5.32 Å². The second-order valence-electron chi connectivity index (χ2n) is 5.81. The van der Waals surface area contributed by atoms with Crippen molar-refractivity contribution in [3.05, 3.63) is 0 Å². The van der Waals surface area contributed by atoms with Gasteiger partial charge in [0.25, 0.3) is 0 Å². The number of hydrogen-bond acceptors (Lipinski definition) is 3. The van der Waals surface area contributed by atoms with Crippen molar-refractivity contribution in [2.45, 2.75) is 46.0 Å². The van der Waals surface area contributed by atoms with Gasteiger partial charge in [0.15, 0.2) is 0 Å². The number of rotatable bonds is 12. The van der Waals surface area contributed by atoms with Crippen molar-refractivity contribution in [1.82, 2.24) is 5.32 Å². The standard InChI is InChI=1S/C15H31NO2/c1-4-5-10-18-11-8-15(2,14-6-7-14)13-16-9-12-17-3/h14,16H,4-13H2,1-3H3. The Kier molecular flexibility index (Phi) is 7.87. The van der Waals surface area contributed by atoms with Crippen LogP contribution >= 0.6 is 0 Å². The van der Waals surface area contributed by atoms with Gasteiger partial charge in [-0.2, -0.15) is 0 Å². The predicted octanol–water partition coefficient (Wildman–Crippen LogP) is 2.85. The van der Waals surface area contributed by atoms with Gasteiger partial charge >= 0.3 is 0 Å². The van der Waals surface area contributed by atoms with Crippen LogP contribution in [0.2, 0.25) is 0 Å². The first-order valence-electron chi connectivity index (χ1n) is 7.50. The monoisotopic (exact) mass is 257 g/mol. The van der Waals surface area contributed by atoms with Gasteiger partial charge in [-0.1, -0.05) is 20.3 Å². The molecular formula is C15H31NO2. The van der Waals surface area contributed by atoms with Gasteiger partial charge in [-0.25, -0.2) is 0 Å². The number of unbranched alkanes of at least 4 members (excludes halogenated alkanes) is 1. The molecule has 0 aromatic rings. The minimum absolute atomic E-state index is 0.417. The molecule has 1 N–H and O–H groups in total. The van der Waals surface area contributed by atoms with Crippen molar-refractivity contribution in [1.29, 1.82) is 0 Å². The smallest absolute Gasteiger partial charge is 0.0587 e. The van der Waals surface area contributed by atoms with E-state index in [9.17, 15) is 0 Å². The molecule has 1 aliphatic rings. The van der Waals surface area contributed by atoms with Crippen LogP contribution in [0.4, 0.5) is 0 Å². The zero-order valence-electron chi connectivity index (χ0n) is 12.5. The lowest BCUT2D eigenvalue weighted by Gasteiger charge is -2.30. The van der Waals surface area contributed by atoms with Gasteiger partial charge in [-0.3, -0.25) is 0 Å². The fraction of sp³-hybridized carbons (Fsp3) is 1.00. The Morgan fingerprint density at radius 3 is 2.61 bits per heavy atom. The molecule has 0 saturated heterocycles. The Morgan fingerprint density at radius 1 is 1.22 bits per heavy atom. The van der Waals surface area contributed by atoms with E-state index in [1.807, 2.05) is 0 Å². The molecule has 1 fully saturated rings. The Labute approximate surface area is 113 Å². The number of nitrogens with one attached hydrogen (secondary N) is 1. The van der Waals surface area contributed by atoms with Crippen LogP contribution in [0.5, 0.6) is 0 Å². The second kappa shape index (κ2) is 8.89. The molecule has 3 heteroatoms. The first kappa shape index (κ1) is 15.9. The molecule has 3 nitrogen and oxygen atoms in total. The normalized spacial score (nSPS) is 18.8. The van der Waals surface area contributed by atoms with E-state index in [1.165, 1.54) is 32.1 Å². The van der Waals surface area contributed by atoms with Gasteiger partial charge in [-0.05, 0) is 37.0 Å². The van der Waals surface area contributed by atoms with Crippen molar-refractivity contribution >= 4 is 0 Å². The minimum atomic E-state index is 0.417. The highest BCUT2D eigenvalue weighted by molar-refractivity contribution is 4.92. The summed E-state index contributed by atoms with van der Waals surface area (Å²) >= 11 is 0. The molecule has 0 aromatic heterocycles. The van der Waals surface area contributed by atoms with Gasteiger partial charge < -0.3 is 14.8 Å². The summed E-state index contributed by atoms with van der Waals surface area (Å²) in [7, 11) is 1.75. The first-order chi connectivity index (χ1) is 8.73. The summed E-state index contributed by atoms with van der Waals surface area (Å²) in [4.78, 5) is 0. The van der Waals surface area contributed by atoms with Gasteiger partial charge in [0.1, 0.15) is 0 Å². The van der Waals surface area contributed by atoms with Crippen molar-refractivity contribution < 1.29 is 9.47 Å². The third-order valence-corrected chi connectivity index (χ3v) is 4.03. The van der Waals surface area contributed by atoms with E-state index in [1.54, 1.807) is 7.11 Å². The van der Waals surface area contributed by atoms with E-state index < -0.39 is 0 Å². The molecule has 0 amide bonds. The molecule has 1 aliphatic carbocycles.